The lowest BCUT2D eigenvalue weighted by molar-refractivity contribution is -0.121. The molecule has 0 aliphatic heterocycles. The van der Waals surface area contributed by atoms with Gasteiger partial charge in [-0.15, -0.1) is 0 Å². The van der Waals surface area contributed by atoms with Crippen LogP contribution in [0.2, 0.25) is 0 Å². The van der Waals surface area contributed by atoms with Crippen molar-refractivity contribution in [3.05, 3.63) is 29.8 Å². The first kappa shape index (κ1) is 12.0. The number of anilines is 1. The number of amides is 1. The second-order valence-electron chi connectivity index (χ2n) is 3.15. The molecular formula is C11H14N2O3. The van der Waals surface area contributed by atoms with Gasteiger partial charge in [0.2, 0.25) is 5.91 Å². The van der Waals surface area contributed by atoms with Crippen LogP contribution in [0.5, 0.6) is 0 Å². The van der Waals surface area contributed by atoms with Crippen molar-refractivity contribution >= 4 is 17.6 Å². The summed E-state index contributed by atoms with van der Waals surface area (Å²) in [6.07, 6.45) is 0.148. The average Bonchev–Trinajstić information content (AvgIpc) is 2.29. The standard InChI is InChI=1S/C11H14N2O3/c1-13-10(14)6-7-16-11(15)8-4-2-3-5-9(8)12/h2-5H,6-7,12H2,1H3,(H,13,14). The Kier molecular flexibility index (Phi) is 4.32. The summed E-state index contributed by atoms with van der Waals surface area (Å²) in [5, 5.41) is 2.43. The molecule has 0 saturated heterocycles. The third-order valence-electron chi connectivity index (χ3n) is 2.02. The fraction of sp³-hybridized carbons (Fsp3) is 0.273. The molecule has 0 saturated carbocycles. The van der Waals surface area contributed by atoms with Crippen LogP contribution in [-0.2, 0) is 9.53 Å². The van der Waals surface area contributed by atoms with Crippen LogP contribution in [0.3, 0.4) is 0 Å². The summed E-state index contributed by atoms with van der Waals surface area (Å²) in [7, 11) is 1.53. The predicted octanol–water partition coefficient (Wildman–Crippen LogP) is 0.562. The first-order chi connectivity index (χ1) is 7.65. The molecule has 1 amide bonds. The van der Waals surface area contributed by atoms with Crippen molar-refractivity contribution < 1.29 is 14.3 Å². The van der Waals surface area contributed by atoms with E-state index in [0.717, 1.165) is 0 Å². The molecule has 1 aromatic carbocycles. The maximum absolute atomic E-state index is 11.5. The quantitative estimate of drug-likeness (QED) is 0.576. The molecule has 0 heterocycles. The first-order valence-electron chi connectivity index (χ1n) is 4.87. The van der Waals surface area contributed by atoms with Crippen molar-refractivity contribution in [3.63, 3.8) is 0 Å². The number of rotatable bonds is 4. The van der Waals surface area contributed by atoms with Gasteiger partial charge in [0.25, 0.3) is 0 Å². The molecule has 0 radical (unpaired) electrons. The molecule has 0 bridgehead atoms. The van der Waals surface area contributed by atoms with E-state index in [0.29, 0.717) is 11.3 Å². The zero-order valence-electron chi connectivity index (χ0n) is 9.03. The van der Waals surface area contributed by atoms with Gasteiger partial charge in [-0.2, -0.15) is 0 Å². The minimum absolute atomic E-state index is 0.0485. The molecule has 16 heavy (non-hydrogen) atoms. The highest BCUT2D eigenvalue weighted by Crippen LogP contribution is 2.11. The molecule has 0 aromatic heterocycles. The van der Waals surface area contributed by atoms with Crippen LogP contribution < -0.4 is 11.1 Å². The van der Waals surface area contributed by atoms with E-state index in [1.165, 1.54) is 7.05 Å². The number of hydrogen-bond donors (Lipinski definition) is 2. The summed E-state index contributed by atoms with van der Waals surface area (Å²) in [6, 6.07) is 6.63. The second kappa shape index (κ2) is 5.75. The lowest BCUT2D eigenvalue weighted by Gasteiger charge is -2.06. The summed E-state index contributed by atoms with van der Waals surface area (Å²) < 4.78 is 4.90. The highest BCUT2D eigenvalue weighted by atomic mass is 16.5. The summed E-state index contributed by atoms with van der Waals surface area (Å²) in [5.41, 5.74) is 6.29. The minimum atomic E-state index is -0.512. The minimum Gasteiger partial charge on any atom is -0.461 e. The molecule has 0 fully saturated rings. The van der Waals surface area contributed by atoms with Gasteiger partial charge in [0.1, 0.15) is 6.61 Å². The van der Waals surface area contributed by atoms with Gasteiger partial charge >= 0.3 is 5.97 Å². The SMILES string of the molecule is CNC(=O)CCOC(=O)c1ccccc1N. The lowest BCUT2D eigenvalue weighted by atomic mass is 10.2. The summed E-state index contributed by atoms with van der Waals surface area (Å²) in [5.74, 6) is -0.684. The second-order valence-corrected chi connectivity index (χ2v) is 3.15. The molecule has 0 aliphatic carbocycles. The molecular weight excluding hydrogens is 208 g/mol. The average molecular weight is 222 g/mol. The van der Waals surface area contributed by atoms with Gasteiger partial charge in [-0.1, -0.05) is 12.1 Å². The molecule has 0 spiro atoms. The number of benzene rings is 1. The van der Waals surface area contributed by atoms with E-state index in [-0.39, 0.29) is 18.9 Å². The zero-order valence-corrected chi connectivity index (χ0v) is 9.03. The largest absolute Gasteiger partial charge is 0.461 e. The Labute approximate surface area is 93.6 Å². The van der Waals surface area contributed by atoms with Crippen LogP contribution in [-0.4, -0.2) is 25.5 Å². The first-order valence-corrected chi connectivity index (χ1v) is 4.87. The number of nitrogen functional groups attached to an aromatic ring is 1. The molecule has 0 atom stereocenters. The third-order valence-corrected chi connectivity index (χ3v) is 2.02. The number of hydrogen-bond acceptors (Lipinski definition) is 4. The van der Waals surface area contributed by atoms with Gasteiger partial charge in [-0.25, -0.2) is 4.79 Å². The number of carbonyl (C=O) groups excluding carboxylic acids is 2. The van der Waals surface area contributed by atoms with Gasteiger partial charge in [-0.05, 0) is 12.1 Å². The Morgan fingerprint density at radius 3 is 2.69 bits per heavy atom. The number of esters is 1. The van der Waals surface area contributed by atoms with Crippen molar-refractivity contribution in [3.8, 4) is 0 Å². The van der Waals surface area contributed by atoms with Gasteiger partial charge < -0.3 is 15.8 Å². The van der Waals surface area contributed by atoms with E-state index in [2.05, 4.69) is 5.32 Å². The monoisotopic (exact) mass is 222 g/mol. The van der Waals surface area contributed by atoms with Crippen molar-refractivity contribution in [2.45, 2.75) is 6.42 Å². The van der Waals surface area contributed by atoms with Crippen molar-refractivity contribution in [1.82, 2.24) is 5.32 Å². The van der Waals surface area contributed by atoms with Crippen molar-refractivity contribution in [2.75, 3.05) is 19.4 Å². The molecule has 5 heteroatoms. The molecule has 0 unspecified atom stereocenters. The number of nitrogens with one attached hydrogen (secondary N) is 1. The van der Waals surface area contributed by atoms with Crippen LogP contribution in [0.25, 0.3) is 0 Å². The van der Waals surface area contributed by atoms with Gasteiger partial charge in [0.05, 0.1) is 12.0 Å². The molecule has 3 N–H and O–H groups in total. The molecule has 86 valence electrons. The predicted molar refractivity (Wildman–Crippen MR) is 59.8 cm³/mol. The Bertz CT molecular complexity index is 391. The molecule has 1 rings (SSSR count). The summed E-state index contributed by atoms with van der Waals surface area (Å²) in [6.45, 7) is 0.0485. The Balaban J connectivity index is 2.47. The zero-order chi connectivity index (χ0) is 12.0. The number of carbonyl (C=O) groups is 2. The fourth-order valence-corrected chi connectivity index (χ4v) is 1.12. The normalized spacial score (nSPS) is 9.56. The van der Waals surface area contributed by atoms with Crippen molar-refractivity contribution in [1.29, 1.82) is 0 Å². The van der Waals surface area contributed by atoms with E-state index in [1.54, 1.807) is 24.3 Å². The third kappa shape index (κ3) is 3.27. The van der Waals surface area contributed by atoms with E-state index in [4.69, 9.17) is 10.5 Å². The Hall–Kier alpha value is -2.04. The van der Waals surface area contributed by atoms with Crippen LogP contribution in [0.1, 0.15) is 16.8 Å². The number of ether oxygens (including phenoxy) is 1. The lowest BCUT2D eigenvalue weighted by Crippen LogP contribution is -2.20. The topological polar surface area (TPSA) is 81.4 Å². The van der Waals surface area contributed by atoms with Gasteiger partial charge in [0.15, 0.2) is 0 Å². The van der Waals surface area contributed by atoms with Crippen LogP contribution >= 0.6 is 0 Å². The highest BCUT2D eigenvalue weighted by molar-refractivity contribution is 5.95. The Morgan fingerprint density at radius 2 is 2.06 bits per heavy atom. The van der Waals surface area contributed by atoms with Crippen molar-refractivity contribution in [2.24, 2.45) is 0 Å². The molecule has 1 aromatic rings. The van der Waals surface area contributed by atoms with Crippen LogP contribution in [0.15, 0.2) is 24.3 Å². The Morgan fingerprint density at radius 1 is 1.38 bits per heavy atom. The summed E-state index contributed by atoms with van der Waals surface area (Å²) >= 11 is 0. The van der Waals surface area contributed by atoms with Crippen LogP contribution in [0, 0.1) is 0 Å². The maximum atomic E-state index is 11.5. The number of nitrogens with two attached hydrogens (primary N) is 1. The smallest absolute Gasteiger partial charge is 0.340 e. The molecule has 5 nitrogen and oxygen atoms in total. The number of para-hydroxylation sites is 1. The summed E-state index contributed by atoms with van der Waals surface area (Å²) in [4.78, 5) is 22.4. The van der Waals surface area contributed by atoms with E-state index in [9.17, 15) is 9.59 Å². The van der Waals surface area contributed by atoms with Gasteiger partial charge in [-0.3, -0.25) is 4.79 Å². The van der Waals surface area contributed by atoms with Gasteiger partial charge in [0, 0.05) is 12.7 Å². The van der Waals surface area contributed by atoms with E-state index < -0.39 is 5.97 Å². The van der Waals surface area contributed by atoms with E-state index >= 15 is 0 Å². The molecule has 0 aliphatic rings. The highest BCUT2D eigenvalue weighted by Gasteiger charge is 2.10. The van der Waals surface area contributed by atoms with E-state index in [1.807, 2.05) is 0 Å². The van der Waals surface area contributed by atoms with Crippen LogP contribution in [0.4, 0.5) is 5.69 Å². The maximum Gasteiger partial charge on any atom is 0.340 e. The fourth-order valence-electron chi connectivity index (χ4n) is 1.12.